The normalized spacial score (nSPS) is 11.9. The maximum atomic E-state index is 11.9. The highest BCUT2D eigenvalue weighted by molar-refractivity contribution is 6.34. The second-order valence-corrected chi connectivity index (χ2v) is 11.4. The molecule has 0 saturated heterocycles. The summed E-state index contributed by atoms with van der Waals surface area (Å²) in [6.45, 7) is 1.98. The number of carbonyl (C=O) groups is 2. The molecule has 5 aromatic rings. The number of fused-ring (bicyclic) bond motifs is 1. The van der Waals surface area contributed by atoms with Gasteiger partial charge >= 0.3 is 5.97 Å². The van der Waals surface area contributed by atoms with Crippen LogP contribution >= 0.6 is 23.2 Å². The predicted octanol–water partition coefficient (Wildman–Crippen LogP) is 5.98. The number of carbonyl (C=O) groups excluding carboxylic acids is 1. The van der Waals surface area contributed by atoms with Crippen molar-refractivity contribution in [3.8, 4) is 22.6 Å². The Kier molecular flexibility index (Phi) is 10.9. The van der Waals surface area contributed by atoms with Crippen LogP contribution in [0.2, 0.25) is 10.0 Å². The molecule has 1 heterocycles. The number of halogens is 2. The van der Waals surface area contributed by atoms with E-state index in [1.165, 1.54) is 0 Å². The number of benzene rings is 4. The first kappa shape index (κ1) is 33.7. The van der Waals surface area contributed by atoms with E-state index in [1.54, 1.807) is 55.3 Å². The maximum absolute atomic E-state index is 11.9. The van der Waals surface area contributed by atoms with Gasteiger partial charge in [0.05, 0.1) is 16.7 Å². The molecule has 0 fully saturated rings. The van der Waals surface area contributed by atoms with Crippen molar-refractivity contribution in [2.75, 3.05) is 20.2 Å². The quantitative estimate of drug-likeness (QED) is 0.128. The van der Waals surface area contributed by atoms with Gasteiger partial charge in [0.2, 0.25) is 0 Å². The van der Waals surface area contributed by atoms with Gasteiger partial charge < -0.3 is 25.0 Å². The Morgan fingerprint density at radius 3 is 2.38 bits per heavy atom. The molecule has 1 atom stereocenters. The van der Waals surface area contributed by atoms with Crippen LogP contribution in [0.4, 0.5) is 0 Å². The number of aliphatic carboxylic acids is 1. The molecule has 0 aliphatic heterocycles. The summed E-state index contributed by atoms with van der Waals surface area (Å²) in [6, 6.07) is 20.3. The van der Waals surface area contributed by atoms with Crippen LogP contribution in [0.25, 0.3) is 22.2 Å². The number of ether oxygens (including phenoxy) is 2. The van der Waals surface area contributed by atoms with E-state index in [4.69, 9.17) is 37.3 Å². The Morgan fingerprint density at radius 1 is 0.936 bits per heavy atom. The standard InChI is InChI=1S/C34H32Cl2N4O7/c1-3-40(29(17-41)34(43)44)16-24-14-26(35)31(15-30(24)45-18-20-7-12-27-28(13-20)39-47-38-27)46-19-23-5-4-6-25(32(23)36)21-8-10-22(11-9-21)33(42)37-2/h4-15,29,41H,3,16-19H2,1-2H3,(H,37,42)(H,43,44)/t29-/m1/s1. The summed E-state index contributed by atoms with van der Waals surface area (Å²) in [4.78, 5) is 25.4. The molecule has 0 radical (unpaired) electrons. The number of carboxylic acids is 1. The smallest absolute Gasteiger partial charge is 0.323 e. The molecule has 1 aromatic heterocycles. The molecule has 0 bridgehead atoms. The van der Waals surface area contributed by atoms with Crippen molar-refractivity contribution >= 4 is 46.1 Å². The number of hydrogen-bond donors (Lipinski definition) is 3. The monoisotopic (exact) mass is 678 g/mol. The lowest BCUT2D eigenvalue weighted by Gasteiger charge is -2.27. The fourth-order valence-electron chi connectivity index (χ4n) is 5.05. The first-order chi connectivity index (χ1) is 22.7. The zero-order valence-electron chi connectivity index (χ0n) is 25.6. The van der Waals surface area contributed by atoms with Crippen molar-refractivity contribution in [2.24, 2.45) is 0 Å². The zero-order valence-corrected chi connectivity index (χ0v) is 27.1. The third kappa shape index (κ3) is 7.83. The van der Waals surface area contributed by atoms with Crippen LogP contribution in [0, 0.1) is 0 Å². The molecule has 0 saturated carbocycles. The van der Waals surface area contributed by atoms with Crippen molar-refractivity contribution in [1.29, 1.82) is 0 Å². The van der Waals surface area contributed by atoms with Crippen LogP contribution in [0.3, 0.4) is 0 Å². The van der Waals surface area contributed by atoms with Crippen LogP contribution in [0.5, 0.6) is 11.5 Å². The molecule has 11 nitrogen and oxygen atoms in total. The second-order valence-electron chi connectivity index (χ2n) is 10.6. The van der Waals surface area contributed by atoms with E-state index in [0.29, 0.717) is 50.8 Å². The molecule has 0 aliphatic rings. The molecule has 3 N–H and O–H groups in total. The van der Waals surface area contributed by atoms with Crippen LogP contribution in [0.15, 0.2) is 77.4 Å². The van der Waals surface area contributed by atoms with Gasteiger partial charge in [-0.25, -0.2) is 4.63 Å². The van der Waals surface area contributed by atoms with Crippen LogP contribution in [0.1, 0.15) is 34.0 Å². The lowest BCUT2D eigenvalue weighted by Crippen LogP contribution is -2.43. The van der Waals surface area contributed by atoms with Crippen molar-refractivity contribution in [3.63, 3.8) is 0 Å². The number of aliphatic hydroxyl groups is 1. The summed E-state index contributed by atoms with van der Waals surface area (Å²) in [5.74, 6) is -0.571. The van der Waals surface area contributed by atoms with E-state index in [9.17, 15) is 19.8 Å². The molecule has 0 unspecified atom stereocenters. The second kappa shape index (κ2) is 15.3. The van der Waals surface area contributed by atoms with Gasteiger partial charge in [-0.3, -0.25) is 14.5 Å². The summed E-state index contributed by atoms with van der Waals surface area (Å²) >= 11 is 13.5. The first-order valence-electron chi connectivity index (χ1n) is 14.7. The number of carboxylic acid groups (broad SMARTS) is 1. The van der Waals surface area contributed by atoms with Gasteiger partial charge in [0.25, 0.3) is 5.91 Å². The summed E-state index contributed by atoms with van der Waals surface area (Å²) in [5.41, 5.74) is 5.46. The third-order valence-electron chi connectivity index (χ3n) is 7.65. The highest BCUT2D eigenvalue weighted by Crippen LogP contribution is 2.37. The fraction of sp³-hybridized carbons (Fsp3) is 0.235. The lowest BCUT2D eigenvalue weighted by atomic mass is 10.0. The average Bonchev–Trinajstić information content (AvgIpc) is 3.55. The zero-order chi connectivity index (χ0) is 33.5. The number of nitrogens with one attached hydrogen (secondary N) is 1. The van der Waals surface area contributed by atoms with E-state index >= 15 is 0 Å². The van der Waals surface area contributed by atoms with E-state index in [-0.39, 0.29) is 30.7 Å². The predicted molar refractivity (Wildman–Crippen MR) is 177 cm³/mol. The van der Waals surface area contributed by atoms with E-state index in [0.717, 1.165) is 16.7 Å². The highest BCUT2D eigenvalue weighted by atomic mass is 35.5. The van der Waals surface area contributed by atoms with Gasteiger partial charge in [-0.05, 0) is 58.3 Å². The summed E-state index contributed by atoms with van der Waals surface area (Å²) in [7, 11) is 1.58. The lowest BCUT2D eigenvalue weighted by molar-refractivity contribution is -0.145. The number of aliphatic hydroxyl groups excluding tert-OH is 1. The van der Waals surface area contributed by atoms with Gasteiger partial charge in [-0.1, -0.05) is 66.5 Å². The Labute approximate surface area is 280 Å². The third-order valence-corrected chi connectivity index (χ3v) is 8.39. The van der Waals surface area contributed by atoms with Crippen LogP contribution in [-0.2, 0) is 24.6 Å². The minimum absolute atomic E-state index is 0.0873. The fourth-order valence-corrected chi connectivity index (χ4v) is 5.58. The number of amides is 1. The Bertz CT molecular complexity index is 1880. The molecule has 244 valence electrons. The van der Waals surface area contributed by atoms with Crippen molar-refractivity contribution < 1.29 is 33.9 Å². The molecule has 47 heavy (non-hydrogen) atoms. The van der Waals surface area contributed by atoms with Gasteiger partial charge in [0, 0.05) is 41.9 Å². The van der Waals surface area contributed by atoms with Crippen molar-refractivity contribution in [1.82, 2.24) is 20.5 Å². The number of rotatable bonds is 14. The first-order valence-corrected chi connectivity index (χ1v) is 15.4. The van der Waals surface area contributed by atoms with Gasteiger partial charge in [-0.2, -0.15) is 0 Å². The van der Waals surface area contributed by atoms with Crippen LogP contribution in [-0.4, -0.2) is 63.5 Å². The number of aromatic nitrogens is 2. The topological polar surface area (TPSA) is 147 Å². The number of nitrogens with zero attached hydrogens (tertiary/aromatic N) is 3. The Balaban J connectivity index is 1.41. The number of likely N-dealkylation sites (N-methyl/N-ethyl adjacent to an activating group) is 1. The van der Waals surface area contributed by atoms with Crippen molar-refractivity contribution in [2.45, 2.75) is 32.7 Å². The molecular formula is C34H32Cl2N4O7. The van der Waals surface area contributed by atoms with Crippen LogP contribution < -0.4 is 14.8 Å². The van der Waals surface area contributed by atoms with Gasteiger partial charge in [0.1, 0.15) is 41.8 Å². The minimum atomic E-state index is -1.14. The molecular weight excluding hydrogens is 647 g/mol. The Hall–Kier alpha value is -4.68. The SMILES string of the molecule is CCN(Cc1cc(Cl)c(OCc2cccc(-c3ccc(C(=O)NC)cc3)c2Cl)cc1OCc1ccc2nonc2c1)[C@H](CO)C(=O)O. The molecule has 4 aromatic carbocycles. The van der Waals surface area contributed by atoms with E-state index < -0.39 is 18.6 Å². The van der Waals surface area contributed by atoms with E-state index in [1.807, 2.05) is 36.4 Å². The molecule has 5 rings (SSSR count). The maximum Gasteiger partial charge on any atom is 0.323 e. The summed E-state index contributed by atoms with van der Waals surface area (Å²) in [5, 5.41) is 30.5. The minimum Gasteiger partial charge on any atom is -0.488 e. The van der Waals surface area contributed by atoms with Crippen molar-refractivity contribution in [3.05, 3.63) is 105 Å². The molecule has 0 spiro atoms. The Morgan fingerprint density at radius 2 is 1.68 bits per heavy atom. The van der Waals surface area contributed by atoms with Gasteiger partial charge in [0.15, 0.2) is 0 Å². The molecule has 13 heteroatoms. The highest BCUT2D eigenvalue weighted by Gasteiger charge is 2.25. The summed E-state index contributed by atoms with van der Waals surface area (Å²) < 4.78 is 17.2. The van der Waals surface area contributed by atoms with Gasteiger partial charge in [-0.15, -0.1) is 0 Å². The molecule has 0 aliphatic carbocycles. The number of hydrogen-bond acceptors (Lipinski definition) is 9. The largest absolute Gasteiger partial charge is 0.488 e. The average molecular weight is 680 g/mol. The molecule has 1 amide bonds. The summed E-state index contributed by atoms with van der Waals surface area (Å²) in [6.07, 6.45) is 0. The van der Waals surface area contributed by atoms with E-state index in [2.05, 4.69) is 15.6 Å².